The minimum atomic E-state index is -0.972. The summed E-state index contributed by atoms with van der Waals surface area (Å²) in [5.74, 6) is 0.490. The van der Waals surface area contributed by atoms with Gasteiger partial charge in [-0.25, -0.2) is 4.79 Å². The molecule has 1 heterocycles. The number of amides is 3. The van der Waals surface area contributed by atoms with Gasteiger partial charge in [-0.1, -0.05) is 48.5 Å². The molecule has 2 aromatic rings. The van der Waals surface area contributed by atoms with Gasteiger partial charge < -0.3 is 10.1 Å². The highest BCUT2D eigenvalue weighted by atomic mass is 16.5. The Morgan fingerprint density at radius 1 is 1.04 bits per heavy atom. The molecule has 0 spiro atoms. The SMILES string of the molecule is COc1ccccc1C[C@@]1(C)NC(=O)N(Cc2ccccc2)C1=O. The average Bonchev–Trinajstić information content (AvgIpc) is 2.79. The minimum absolute atomic E-state index is 0.220. The van der Waals surface area contributed by atoms with Gasteiger partial charge in [0, 0.05) is 6.42 Å². The molecule has 0 saturated carbocycles. The number of nitrogens with zero attached hydrogens (tertiary/aromatic N) is 1. The van der Waals surface area contributed by atoms with Crippen molar-refractivity contribution in [2.45, 2.75) is 25.4 Å². The Bertz CT molecular complexity index is 760. The molecule has 24 heavy (non-hydrogen) atoms. The fourth-order valence-electron chi connectivity index (χ4n) is 3.01. The van der Waals surface area contributed by atoms with E-state index >= 15 is 0 Å². The molecule has 0 aromatic heterocycles. The summed E-state index contributed by atoms with van der Waals surface area (Å²) < 4.78 is 5.35. The van der Waals surface area contributed by atoms with Crippen molar-refractivity contribution < 1.29 is 14.3 Å². The molecule has 0 radical (unpaired) electrons. The molecule has 1 N–H and O–H groups in total. The second kappa shape index (κ2) is 6.35. The van der Waals surface area contributed by atoms with Crippen molar-refractivity contribution in [1.29, 1.82) is 0 Å². The number of nitrogens with one attached hydrogen (secondary N) is 1. The van der Waals surface area contributed by atoms with Crippen LogP contribution in [0.15, 0.2) is 54.6 Å². The summed E-state index contributed by atoms with van der Waals surface area (Å²) >= 11 is 0. The maximum atomic E-state index is 12.8. The Morgan fingerprint density at radius 2 is 1.71 bits per heavy atom. The standard InChI is InChI=1S/C19H20N2O3/c1-19(12-15-10-6-7-11-16(15)24-2)17(22)21(18(23)20-19)13-14-8-4-3-5-9-14/h3-11H,12-13H2,1-2H3,(H,20,23)/t19-/m1/s1. The van der Waals surface area contributed by atoms with E-state index in [9.17, 15) is 9.59 Å². The quantitative estimate of drug-likeness (QED) is 0.860. The number of carbonyl (C=O) groups is 2. The maximum Gasteiger partial charge on any atom is 0.325 e. The summed E-state index contributed by atoms with van der Waals surface area (Å²) in [6.45, 7) is 2.03. The van der Waals surface area contributed by atoms with E-state index in [1.54, 1.807) is 14.0 Å². The zero-order chi connectivity index (χ0) is 17.2. The molecule has 124 valence electrons. The zero-order valence-electron chi connectivity index (χ0n) is 13.8. The van der Waals surface area contributed by atoms with Crippen molar-refractivity contribution in [3.63, 3.8) is 0 Å². The van der Waals surface area contributed by atoms with E-state index in [0.717, 1.165) is 11.1 Å². The molecule has 5 heteroatoms. The van der Waals surface area contributed by atoms with Gasteiger partial charge in [-0.2, -0.15) is 0 Å². The molecule has 1 aliphatic heterocycles. The van der Waals surface area contributed by atoms with Crippen molar-refractivity contribution in [2.75, 3.05) is 7.11 Å². The number of rotatable bonds is 5. The van der Waals surface area contributed by atoms with E-state index < -0.39 is 5.54 Å². The summed E-state index contributed by atoms with van der Waals surface area (Å²) in [4.78, 5) is 26.4. The lowest BCUT2D eigenvalue weighted by molar-refractivity contribution is -0.131. The number of benzene rings is 2. The molecule has 1 aliphatic rings. The van der Waals surface area contributed by atoms with Gasteiger partial charge >= 0.3 is 6.03 Å². The maximum absolute atomic E-state index is 12.8. The second-order valence-electron chi connectivity index (χ2n) is 6.13. The Labute approximate surface area is 141 Å². The number of hydrogen-bond acceptors (Lipinski definition) is 3. The monoisotopic (exact) mass is 324 g/mol. The first-order valence-corrected chi connectivity index (χ1v) is 7.83. The number of urea groups is 1. The highest BCUT2D eigenvalue weighted by Gasteiger charge is 2.47. The van der Waals surface area contributed by atoms with E-state index in [2.05, 4.69) is 5.32 Å². The van der Waals surface area contributed by atoms with Gasteiger partial charge in [-0.05, 0) is 24.1 Å². The largest absolute Gasteiger partial charge is 0.496 e. The van der Waals surface area contributed by atoms with Crippen molar-refractivity contribution in [2.24, 2.45) is 0 Å². The fraction of sp³-hybridized carbons (Fsp3) is 0.263. The Morgan fingerprint density at radius 3 is 2.42 bits per heavy atom. The Balaban J connectivity index is 1.81. The molecule has 2 aromatic carbocycles. The van der Waals surface area contributed by atoms with Gasteiger partial charge in [0.05, 0.1) is 13.7 Å². The molecule has 0 aliphatic carbocycles. The van der Waals surface area contributed by atoms with E-state index in [1.807, 2.05) is 54.6 Å². The Hall–Kier alpha value is -2.82. The zero-order valence-corrected chi connectivity index (χ0v) is 13.8. The average molecular weight is 324 g/mol. The van der Waals surface area contributed by atoms with Crippen molar-refractivity contribution in [1.82, 2.24) is 10.2 Å². The lowest BCUT2D eigenvalue weighted by atomic mass is 9.92. The summed E-state index contributed by atoms with van der Waals surface area (Å²) in [6.07, 6.45) is 0.382. The van der Waals surface area contributed by atoms with Gasteiger partial charge in [0.15, 0.2) is 0 Å². The smallest absolute Gasteiger partial charge is 0.325 e. The molecule has 5 nitrogen and oxygen atoms in total. The second-order valence-corrected chi connectivity index (χ2v) is 6.13. The third-order valence-corrected chi connectivity index (χ3v) is 4.27. The van der Waals surface area contributed by atoms with Gasteiger partial charge in [-0.3, -0.25) is 9.69 Å². The summed E-state index contributed by atoms with van der Waals surface area (Å²) in [5, 5.41) is 2.83. The van der Waals surface area contributed by atoms with Gasteiger partial charge in [0.2, 0.25) is 0 Å². The number of para-hydroxylation sites is 1. The van der Waals surface area contributed by atoms with E-state index in [0.29, 0.717) is 12.2 Å². The third kappa shape index (κ3) is 2.97. The molecule has 3 amide bonds. The lowest BCUT2D eigenvalue weighted by Gasteiger charge is -2.23. The van der Waals surface area contributed by atoms with Crippen LogP contribution in [0.5, 0.6) is 5.75 Å². The molecule has 0 bridgehead atoms. The topological polar surface area (TPSA) is 58.6 Å². The molecular weight excluding hydrogens is 304 g/mol. The van der Waals surface area contributed by atoms with Crippen LogP contribution in [-0.4, -0.2) is 29.5 Å². The van der Waals surface area contributed by atoms with Crippen molar-refractivity contribution in [3.05, 3.63) is 65.7 Å². The number of hydrogen-bond donors (Lipinski definition) is 1. The number of ether oxygens (including phenoxy) is 1. The molecule has 1 saturated heterocycles. The molecule has 3 rings (SSSR count). The first-order valence-electron chi connectivity index (χ1n) is 7.83. The van der Waals surface area contributed by atoms with Crippen molar-refractivity contribution in [3.8, 4) is 5.75 Å². The van der Waals surface area contributed by atoms with E-state index in [1.165, 1.54) is 4.90 Å². The van der Waals surface area contributed by atoms with Gasteiger partial charge in [0.25, 0.3) is 5.91 Å². The molecule has 1 atom stereocenters. The van der Waals surface area contributed by atoms with E-state index in [4.69, 9.17) is 4.74 Å². The third-order valence-electron chi connectivity index (χ3n) is 4.27. The predicted octanol–water partition coefficient (Wildman–Crippen LogP) is 2.75. The van der Waals surface area contributed by atoms with Crippen LogP contribution in [0.3, 0.4) is 0 Å². The highest BCUT2D eigenvalue weighted by molar-refractivity contribution is 6.06. The van der Waals surface area contributed by atoms with Crippen LogP contribution in [0, 0.1) is 0 Å². The van der Waals surface area contributed by atoms with Crippen LogP contribution in [0.25, 0.3) is 0 Å². The number of imide groups is 1. The van der Waals surface area contributed by atoms with Crippen LogP contribution in [0.1, 0.15) is 18.1 Å². The number of methoxy groups -OCH3 is 1. The normalized spacial score (nSPS) is 20.2. The lowest BCUT2D eigenvalue weighted by Crippen LogP contribution is -2.46. The minimum Gasteiger partial charge on any atom is -0.496 e. The molecule has 0 unspecified atom stereocenters. The first kappa shape index (κ1) is 16.1. The van der Waals surface area contributed by atoms with Crippen molar-refractivity contribution >= 4 is 11.9 Å². The Kier molecular flexibility index (Phi) is 4.25. The molecule has 1 fully saturated rings. The van der Waals surface area contributed by atoms with Crippen LogP contribution < -0.4 is 10.1 Å². The van der Waals surface area contributed by atoms with E-state index in [-0.39, 0.29) is 18.5 Å². The van der Waals surface area contributed by atoms with Crippen LogP contribution in [0.2, 0.25) is 0 Å². The fourth-order valence-corrected chi connectivity index (χ4v) is 3.01. The summed E-state index contributed by atoms with van der Waals surface area (Å²) in [7, 11) is 1.60. The van der Waals surface area contributed by atoms with Crippen LogP contribution in [-0.2, 0) is 17.8 Å². The van der Waals surface area contributed by atoms with Crippen LogP contribution >= 0.6 is 0 Å². The molecular formula is C19H20N2O3. The summed E-state index contributed by atoms with van der Waals surface area (Å²) in [6, 6.07) is 16.6. The summed E-state index contributed by atoms with van der Waals surface area (Å²) in [5.41, 5.74) is 0.834. The first-order chi connectivity index (χ1) is 11.5. The van der Waals surface area contributed by atoms with Gasteiger partial charge in [0.1, 0.15) is 11.3 Å². The van der Waals surface area contributed by atoms with Gasteiger partial charge in [-0.15, -0.1) is 0 Å². The number of carbonyl (C=O) groups excluding carboxylic acids is 2. The highest BCUT2D eigenvalue weighted by Crippen LogP contribution is 2.28. The van der Waals surface area contributed by atoms with Crippen LogP contribution in [0.4, 0.5) is 4.79 Å². The predicted molar refractivity (Wildman–Crippen MR) is 90.6 cm³/mol.